The number of anilines is 1. The van der Waals surface area contributed by atoms with Crippen LogP contribution in [0.3, 0.4) is 0 Å². The SMILES string of the molecule is CCN(C(=O)C(=O)NCc1ccc(OC)cc1)c1ccccc1. The van der Waals surface area contributed by atoms with Crippen LogP contribution in [0.4, 0.5) is 5.69 Å². The molecule has 0 heterocycles. The summed E-state index contributed by atoms with van der Waals surface area (Å²) in [5, 5.41) is 2.65. The fourth-order valence-electron chi connectivity index (χ4n) is 2.18. The molecule has 0 bridgehead atoms. The standard InChI is InChI=1S/C18H20N2O3/c1-3-20(15-7-5-4-6-8-15)18(22)17(21)19-13-14-9-11-16(23-2)12-10-14/h4-12H,3,13H2,1-2H3,(H,19,21). The van der Waals surface area contributed by atoms with Gasteiger partial charge in [-0.1, -0.05) is 30.3 Å². The van der Waals surface area contributed by atoms with Gasteiger partial charge in [0.15, 0.2) is 0 Å². The summed E-state index contributed by atoms with van der Waals surface area (Å²) in [6.07, 6.45) is 0. The van der Waals surface area contributed by atoms with Crippen LogP contribution in [0.1, 0.15) is 12.5 Å². The van der Waals surface area contributed by atoms with Crippen molar-refractivity contribution in [1.29, 1.82) is 0 Å². The predicted octanol–water partition coefficient (Wildman–Crippen LogP) is 2.36. The van der Waals surface area contributed by atoms with Crippen molar-refractivity contribution in [3.05, 3.63) is 60.2 Å². The maximum Gasteiger partial charge on any atom is 0.316 e. The van der Waals surface area contributed by atoms with Crippen molar-refractivity contribution in [2.45, 2.75) is 13.5 Å². The molecular weight excluding hydrogens is 292 g/mol. The Kier molecular flexibility index (Phi) is 5.74. The molecule has 5 heteroatoms. The second-order valence-electron chi connectivity index (χ2n) is 4.92. The number of methoxy groups -OCH3 is 1. The molecule has 120 valence electrons. The van der Waals surface area contributed by atoms with Crippen molar-refractivity contribution >= 4 is 17.5 Å². The Hall–Kier alpha value is -2.82. The van der Waals surface area contributed by atoms with Gasteiger partial charge in [-0.05, 0) is 36.8 Å². The maximum atomic E-state index is 12.3. The van der Waals surface area contributed by atoms with Crippen LogP contribution in [0.5, 0.6) is 5.75 Å². The summed E-state index contributed by atoms with van der Waals surface area (Å²) < 4.78 is 5.08. The number of carbonyl (C=O) groups is 2. The van der Waals surface area contributed by atoms with Crippen molar-refractivity contribution in [3.8, 4) is 5.75 Å². The van der Waals surface area contributed by atoms with E-state index in [1.165, 1.54) is 4.90 Å². The van der Waals surface area contributed by atoms with Gasteiger partial charge in [0.1, 0.15) is 5.75 Å². The summed E-state index contributed by atoms with van der Waals surface area (Å²) in [4.78, 5) is 25.8. The molecule has 1 N–H and O–H groups in total. The first kappa shape index (κ1) is 16.5. The molecular formula is C18H20N2O3. The molecule has 2 aromatic rings. The molecule has 2 amide bonds. The topological polar surface area (TPSA) is 58.6 Å². The van der Waals surface area contributed by atoms with E-state index >= 15 is 0 Å². The molecule has 0 aromatic heterocycles. The Bertz CT molecular complexity index is 654. The molecule has 23 heavy (non-hydrogen) atoms. The quantitative estimate of drug-likeness (QED) is 0.862. The Morgan fingerprint density at radius 2 is 1.70 bits per heavy atom. The molecule has 0 atom stereocenters. The van der Waals surface area contributed by atoms with E-state index in [4.69, 9.17) is 4.74 Å². The minimum atomic E-state index is -0.619. The van der Waals surface area contributed by atoms with Gasteiger partial charge in [-0.3, -0.25) is 9.59 Å². The summed E-state index contributed by atoms with van der Waals surface area (Å²) in [7, 11) is 1.60. The number of hydrogen-bond acceptors (Lipinski definition) is 3. The third-order valence-corrected chi connectivity index (χ3v) is 3.44. The Morgan fingerprint density at radius 1 is 1.04 bits per heavy atom. The zero-order valence-corrected chi connectivity index (χ0v) is 13.3. The van der Waals surface area contributed by atoms with Gasteiger partial charge in [-0.15, -0.1) is 0 Å². The molecule has 2 aromatic carbocycles. The van der Waals surface area contributed by atoms with E-state index in [1.54, 1.807) is 19.2 Å². The normalized spacial score (nSPS) is 10.0. The highest BCUT2D eigenvalue weighted by molar-refractivity contribution is 6.40. The van der Waals surface area contributed by atoms with E-state index in [9.17, 15) is 9.59 Å². The number of benzene rings is 2. The van der Waals surface area contributed by atoms with E-state index in [1.807, 2.05) is 49.4 Å². The summed E-state index contributed by atoms with van der Waals surface area (Å²) >= 11 is 0. The van der Waals surface area contributed by atoms with Crippen molar-refractivity contribution < 1.29 is 14.3 Å². The molecule has 0 unspecified atom stereocenters. The van der Waals surface area contributed by atoms with E-state index in [0.717, 1.165) is 11.3 Å². The van der Waals surface area contributed by atoms with Crippen LogP contribution in [0, 0.1) is 0 Å². The molecule has 2 rings (SSSR count). The zero-order chi connectivity index (χ0) is 16.7. The monoisotopic (exact) mass is 312 g/mol. The smallest absolute Gasteiger partial charge is 0.316 e. The van der Waals surface area contributed by atoms with Crippen LogP contribution < -0.4 is 15.0 Å². The number of likely N-dealkylation sites (N-methyl/N-ethyl adjacent to an activating group) is 1. The minimum Gasteiger partial charge on any atom is -0.497 e. The largest absolute Gasteiger partial charge is 0.497 e. The van der Waals surface area contributed by atoms with Gasteiger partial charge in [0.2, 0.25) is 0 Å². The van der Waals surface area contributed by atoms with Crippen LogP contribution in [-0.2, 0) is 16.1 Å². The first-order chi connectivity index (χ1) is 11.2. The van der Waals surface area contributed by atoms with Gasteiger partial charge in [0.05, 0.1) is 7.11 Å². The second kappa shape index (κ2) is 7.98. The third kappa shape index (κ3) is 4.32. The van der Waals surface area contributed by atoms with Crippen LogP contribution in [0.25, 0.3) is 0 Å². The van der Waals surface area contributed by atoms with Crippen LogP contribution in [0.15, 0.2) is 54.6 Å². The van der Waals surface area contributed by atoms with Crippen molar-refractivity contribution in [2.24, 2.45) is 0 Å². The van der Waals surface area contributed by atoms with E-state index in [-0.39, 0.29) is 0 Å². The average Bonchev–Trinajstić information content (AvgIpc) is 2.61. The highest BCUT2D eigenvalue weighted by Crippen LogP contribution is 2.13. The van der Waals surface area contributed by atoms with Crippen molar-refractivity contribution in [1.82, 2.24) is 5.32 Å². The van der Waals surface area contributed by atoms with E-state index in [0.29, 0.717) is 18.8 Å². The van der Waals surface area contributed by atoms with Crippen LogP contribution in [-0.4, -0.2) is 25.5 Å². The van der Waals surface area contributed by atoms with Gasteiger partial charge in [-0.2, -0.15) is 0 Å². The van der Waals surface area contributed by atoms with Gasteiger partial charge < -0.3 is 15.0 Å². The maximum absolute atomic E-state index is 12.3. The van der Waals surface area contributed by atoms with Gasteiger partial charge in [0.25, 0.3) is 0 Å². The summed E-state index contributed by atoms with van der Waals surface area (Å²) in [5.41, 5.74) is 1.61. The third-order valence-electron chi connectivity index (χ3n) is 3.44. The zero-order valence-electron chi connectivity index (χ0n) is 13.3. The summed E-state index contributed by atoms with van der Waals surface area (Å²) in [6, 6.07) is 16.5. The molecule has 5 nitrogen and oxygen atoms in total. The predicted molar refractivity (Wildman–Crippen MR) is 89.3 cm³/mol. The second-order valence-corrected chi connectivity index (χ2v) is 4.92. The Morgan fingerprint density at radius 3 is 2.26 bits per heavy atom. The lowest BCUT2D eigenvalue weighted by molar-refractivity contribution is -0.137. The number of para-hydroxylation sites is 1. The van der Waals surface area contributed by atoms with Crippen LogP contribution >= 0.6 is 0 Å². The van der Waals surface area contributed by atoms with E-state index < -0.39 is 11.8 Å². The molecule has 0 radical (unpaired) electrons. The van der Waals surface area contributed by atoms with Crippen LogP contribution in [0.2, 0.25) is 0 Å². The fraction of sp³-hybridized carbons (Fsp3) is 0.222. The molecule has 0 spiro atoms. The lowest BCUT2D eigenvalue weighted by Gasteiger charge is -2.20. The number of nitrogens with one attached hydrogen (secondary N) is 1. The molecule has 0 aliphatic carbocycles. The molecule has 0 aliphatic rings. The Balaban J connectivity index is 1.97. The molecule has 0 aliphatic heterocycles. The average molecular weight is 312 g/mol. The molecule has 0 saturated heterocycles. The van der Waals surface area contributed by atoms with Gasteiger partial charge in [-0.25, -0.2) is 0 Å². The van der Waals surface area contributed by atoms with Crippen molar-refractivity contribution in [3.63, 3.8) is 0 Å². The minimum absolute atomic E-state index is 0.293. The summed E-state index contributed by atoms with van der Waals surface area (Å²) in [6.45, 7) is 2.56. The van der Waals surface area contributed by atoms with Crippen molar-refractivity contribution in [2.75, 3.05) is 18.6 Å². The molecule has 0 saturated carbocycles. The first-order valence-corrected chi connectivity index (χ1v) is 7.43. The fourth-order valence-corrected chi connectivity index (χ4v) is 2.18. The lowest BCUT2D eigenvalue weighted by Crippen LogP contribution is -2.42. The molecule has 0 fully saturated rings. The summed E-state index contributed by atoms with van der Waals surface area (Å²) in [5.74, 6) is -0.434. The highest BCUT2D eigenvalue weighted by Gasteiger charge is 2.21. The van der Waals surface area contributed by atoms with Gasteiger partial charge in [0, 0.05) is 18.8 Å². The number of carbonyl (C=O) groups excluding carboxylic acids is 2. The van der Waals surface area contributed by atoms with E-state index in [2.05, 4.69) is 5.32 Å². The Labute approximate surface area is 135 Å². The highest BCUT2D eigenvalue weighted by atomic mass is 16.5. The number of hydrogen-bond donors (Lipinski definition) is 1. The number of rotatable bonds is 5. The lowest BCUT2D eigenvalue weighted by atomic mass is 10.2. The first-order valence-electron chi connectivity index (χ1n) is 7.43. The number of nitrogens with zero attached hydrogens (tertiary/aromatic N) is 1. The van der Waals surface area contributed by atoms with Gasteiger partial charge >= 0.3 is 11.8 Å². The number of amides is 2. The number of ether oxygens (including phenoxy) is 1.